The molecule has 1 heterocycles. The van der Waals surface area contributed by atoms with Crippen LogP contribution >= 0.6 is 0 Å². The summed E-state index contributed by atoms with van der Waals surface area (Å²) in [4.78, 5) is 12.0. The second kappa shape index (κ2) is 4.75. The van der Waals surface area contributed by atoms with E-state index in [2.05, 4.69) is 4.74 Å². The van der Waals surface area contributed by atoms with Gasteiger partial charge in [-0.3, -0.25) is 9.48 Å². The van der Waals surface area contributed by atoms with Gasteiger partial charge < -0.3 is 10.5 Å². The molecule has 0 aliphatic carbocycles. The van der Waals surface area contributed by atoms with Gasteiger partial charge in [-0.15, -0.1) is 0 Å². The van der Waals surface area contributed by atoms with E-state index in [1.807, 2.05) is 0 Å². The van der Waals surface area contributed by atoms with Crippen LogP contribution < -0.4 is 16.0 Å². The lowest BCUT2D eigenvalue weighted by molar-refractivity contribution is -0.0498. The number of alkyl halides is 2. The van der Waals surface area contributed by atoms with E-state index in [1.165, 1.54) is 22.9 Å². The van der Waals surface area contributed by atoms with Gasteiger partial charge in [0.25, 0.3) is 5.56 Å². The number of rotatable bonds is 3. The van der Waals surface area contributed by atoms with E-state index in [0.29, 0.717) is 11.4 Å². The van der Waals surface area contributed by atoms with Crippen molar-refractivity contribution >= 4 is 5.69 Å². The van der Waals surface area contributed by atoms with Crippen molar-refractivity contribution in [3.8, 4) is 11.4 Å². The summed E-state index contributed by atoms with van der Waals surface area (Å²) in [6.07, 6.45) is 0. The van der Waals surface area contributed by atoms with Crippen LogP contribution in [0.3, 0.4) is 0 Å². The largest absolute Gasteiger partial charge is 0.435 e. The van der Waals surface area contributed by atoms with Crippen molar-refractivity contribution in [3.63, 3.8) is 0 Å². The molecule has 2 aromatic rings. The van der Waals surface area contributed by atoms with E-state index in [0.717, 1.165) is 0 Å². The van der Waals surface area contributed by atoms with E-state index in [9.17, 15) is 13.6 Å². The first-order chi connectivity index (χ1) is 8.91. The summed E-state index contributed by atoms with van der Waals surface area (Å²) in [5, 5.41) is 0. The number of halogens is 2. The van der Waals surface area contributed by atoms with Gasteiger partial charge in [-0.1, -0.05) is 6.07 Å². The quantitative estimate of drug-likeness (QED) is 0.922. The second-order valence-electron chi connectivity index (χ2n) is 4.02. The highest BCUT2D eigenvalue weighted by Gasteiger charge is 2.14. The molecule has 1 aromatic carbocycles. The molecular formula is C12H13F2N3O2. The highest BCUT2D eigenvalue weighted by Crippen LogP contribution is 2.19. The van der Waals surface area contributed by atoms with Crippen molar-refractivity contribution < 1.29 is 13.5 Å². The molecule has 0 unspecified atom stereocenters. The van der Waals surface area contributed by atoms with Gasteiger partial charge in [0.1, 0.15) is 11.4 Å². The summed E-state index contributed by atoms with van der Waals surface area (Å²) in [6.45, 7) is -1.21. The second-order valence-corrected chi connectivity index (χ2v) is 4.02. The predicted molar refractivity (Wildman–Crippen MR) is 66.8 cm³/mol. The van der Waals surface area contributed by atoms with Crippen LogP contribution in [0.25, 0.3) is 5.69 Å². The Morgan fingerprint density at radius 1 is 1.37 bits per heavy atom. The summed E-state index contributed by atoms with van der Waals surface area (Å²) in [6, 6.07) is 5.88. The fraction of sp³-hybridized carbons (Fsp3) is 0.250. The average Bonchev–Trinajstić information content (AvgIpc) is 2.53. The number of nitrogen functional groups attached to an aromatic ring is 1. The number of hydrogen-bond acceptors (Lipinski definition) is 3. The van der Waals surface area contributed by atoms with E-state index in [-0.39, 0.29) is 11.4 Å². The Morgan fingerprint density at radius 2 is 2.05 bits per heavy atom. The third-order valence-electron chi connectivity index (χ3n) is 2.89. The van der Waals surface area contributed by atoms with Crippen molar-refractivity contribution in [2.24, 2.45) is 7.05 Å². The molecule has 0 atom stereocenters. The van der Waals surface area contributed by atoms with Gasteiger partial charge in [-0.25, -0.2) is 4.68 Å². The Balaban J connectivity index is 2.54. The number of anilines is 1. The first-order valence-corrected chi connectivity index (χ1v) is 5.51. The van der Waals surface area contributed by atoms with Crippen molar-refractivity contribution in [3.05, 3.63) is 40.3 Å². The van der Waals surface area contributed by atoms with Crippen LogP contribution in [0.15, 0.2) is 29.1 Å². The minimum atomic E-state index is -2.91. The summed E-state index contributed by atoms with van der Waals surface area (Å²) in [5.74, 6) is -0.0168. The lowest BCUT2D eigenvalue weighted by Gasteiger charge is -2.10. The summed E-state index contributed by atoms with van der Waals surface area (Å²) >= 11 is 0. The Kier molecular flexibility index (Phi) is 3.28. The van der Waals surface area contributed by atoms with Gasteiger partial charge >= 0.3 is 6.61 Å². The zero-order valence-electron chi connectivity index (χ0n) is 10.4. The Hall–Kier alpha value is -2.31. The number of hydrogen-bond donors (Lipinski definition) is 1. The van der Waals surface area contributed by atoms with Crippen molar-refractivity contribution in [2.75, 3.05) is 5.73 Å². The minimum Gasteiger partial charge on any atom is -0.435 e. The molecule has 0 aliphatic rings. The normalized spacial score (nSPS) is 11.0. The zero-order valence-corrected chi connectivity index (χ0v) is 10.4. The maximum absolute atomic E-state index is 12.2. The molecule has 0 saturated carbocycles. The van der Waals surface area contributed by atoms with Crippen LogP contribution in [0, 0.1) is 6.92 Å². The predicted octanol–water partition coefficient (Wildman–Crippen LogP) is 1.67. The topological polar surface area (TPSA) is 62.2 Å². The zero-order chi connectivity index (χ0) is 14.2. The third-order valence-corrected chi connectivity index (χ3v) is 2.89. The average molecular weight is 269 g/mol. The van der Waals surface area contributed by atoms with Crippen molar-refractivity contribution in [1.29, 1.82) is 0 Å². The van der Waals surface area contributed by atoms with E-state index < -0.39 is 12.2 Å². The molecule has 0 fully saturated rings. The standard InChI is InChI=1S/C12H13F2N3O2/c1-7-10(15)11(18)17(16(7)2)8-4-3-5-9(6-8)19-12(13)14/h3-6,12H,15H2,1-2H3. The molecule has 0 bridgehead atoms. The molecule has 0 spiro atoms. The van der Waals surface area contributed by atoms with Gasteiger partial charge in [0.15, 0.2) is 0 Å². The number of benzene rings is 1. The highest BCUT2D eigenvalue weighted by molar-refractivity contribution is 5.46. The number of ether oxygens (including phenoxy) is 1. The molecule has 19 heavy (non-hydrogen) atoms. The molecule has 0 amide bonds. The smallest absolute Gasteiger partial charge is 0.387 e. The molecular weight excluding hydrogens is 256 g/mol. The van der Waals surface area contributed by atoms with Gasteiger partial charge in [0.05, 0.1) is 11.4 Å². The number of aromatic nitrogens is 2. The minimum absolute atomic E-state index is 0.0168. The molecule has 1 aromatic heterocycles. The molecule has 7 heteroatoms. The molecule has 102 valence electrons. The summed E-state index contributed by atoms with van der Waals surface area (Å²) in [5.41, 5.74) is 6.40. The van der Waals surface area contributed by atoms with Gasteiger partial charge in [0.2, 0.25) is 0 Å². The van der Waals surface area contributed by atoms with E-state index in [4.69, 9.17) is 5.73 Å². The van der Waals surface area contributed by atoms with Crippen LogP contribution in [0.4, 0.5) is 14.5 Å². The van der Waals surface area contributed by atoms with Crippen LogP contribution in [0.1, 0.15) is 5.69 Å². The fourth-order valence-corrected chi connectivity index (χ4v) is 1.81. The van der Waals surface area contributed by atoms with Crippen LogP contribution in [-0.2, 0) is 7.05 Å². The van der Waals surface area contributed by atoms with Crippen LogP contribution in [-0.4, -0.2) is 16.0 Å². The van der Waals surface area contributed by atoms with Gasteiger partial charge in [0, 0.05) is 13.1 Å². The van der Waals surface area contributed by atoms with Crippen LogP contribution in [0.2, 0.25) is 0 Å². The van der Waals surface area contributed by atoms with E-state index in [1.54, 1.807) is 24.7 Å². The molecule has 0 radical (unpaired) electrons. The fourth-order valence-electron chi connectivity index (χ4n) is 1.81. The highest BCUT2D eigenvalue weighted by atomic mass is 19.3. The third kappa shape index (κ3) is 2.31. The summed E-state index contributed by atoms with van der Waals surface area (Å²) in [7, 11) is 1.66. The number of nitrogens with zero attached hydrogens (tertiary/aromatic N) is 2. The first-order valence-electron chi connectivity index (χ1n) is 5.51. The number of nitrogens with two attached hydrogens (primary N) is 1. The lowest BCUT2D eigenvalue weighted by Crippen LogP contribution is -2.20. The summed E-state index contributed by atoms with van der Waals surface area (Å²) < 4.78 is 31.5. The van der Waals surface area contributed by atoms with Gasteiger partial charge in [-0.05, 0) is 19.1 Å². The molecule has 5 nitrogen and oxygen atoms in total. The van der Waals surface area contributed by atoms with Gasteiger partial charge in [-0.2, -0.15) is 8.78 Å². The maximum Gasteiger partial charge on any atom is 0.387 e. The van der Waals surface area contributed by atoms with Crippen molar-refractivity contribution in [2.45, 2.75) is 13.5 Å². The lowest BCUT2D eigenvalue weighted by atomic mass is 10.3. The maximum atomic E-state index is 12.2. The molecule has 0 saturated heterocycles. The molecule has 2 rings (SSSR count). The van der Waals surface area contributed by atoms with Crippen molar-refractivity contribution in [1.82, 2.24) is 9.36 Å². The molecule has 0 aliphatic heterocycles. The van der Waals surface area contributed by atoms with Crippen LogP contribution in [0.5, 0.6) is 5.75 Å². The SMILES string of the molecule is Cc1c(N)c(=O)n(-c2cccc(OC(F)F)c2)n1C. The Labute approximate surface area is 107 Å². The Morgan fingerprint density at radius 3 is 2.58 bits per heavy atom. The Bertz CT molecular complexity index is 661. The molecule has 2 N–H and O–H groups in total. The first kappa shape index (κ1) is 13.1. The van der Waals surface area contributed by atoms with E-state index >= 15 is 0 Å². The monoisotopic (exact) mass is 269 g/mol.